The lowest BCUT2D eigenvalue weighted by Gasteiger charge is -2.39. The van der Waals surface area contributed by atoms with Crippen LogP contribution in [-0.4, -0.2) is 33.3 Å². The zero-order valence-corrected chi connectivity index (χ0v) is 19.9. The number of carbonyl (C=O) groups is 1. The van der Waals surface area contributed by atoms with Gasteiger partial charge in [-0.05, 0) is 60.9 Å². The highest BCUT2D eigenvalue weighted by molar-refractivity contribution is 6.05. The number of fused-ring (bicyclic) bond motifs is 1. The maximum absolute atomic E-state index is 13.4. The Bertz CT molecular complexity index is 1150. The Morgan fingerprint density at radius 3 is 2.24 bits per heavy atom. The van der Waals surface area contributed by atoms with Crippen molar-refractivity contribution in [3.63, 3.8) is 0 Å². The first-order chi connectivity index (χ1) is 16.5. The van der Waals surface area contributed by atoms with Gasteiger partial charge in [-0.1, -0.05) is 36.4 Å². The standard InChI is InChI=1S/C28H30N2O4/c1-19-16-23(29-21-10-6-5-7-11-21)22-12-8-9-13-24(22)30(19)27(31)15-14-20-17-25(32-2)28(34-4)26(18-20)33-3/h5-15,17-19,23,29H,16H2,1-4H3/b15-14+/t19-,23+/m0/s1. The molecular formula is C28H30N2O4. The number of nitrogens with zero attached hydrogens (tertiary/aromatic N) is 1. The molecule has 6 nitrogen and oxygen atoms in total. The lowest BCUT2D eigenvalue weighted by Crippen LogP contribution is -2.43. The Balaban J connectivity index is 1.60. The van der Waals surface area contributed by atoms with Crippen LogP contribution >= 0.6 is 0 Å². The largest absolute Gasteiger partial charge is 0.493 e. The first kappa shape index (κ1) is 23.2. The monoisotopic (exact) mass is 458 g/mol. The van der Waals surface area contributed by atoms with E-state index < -0.39 is 0 Å². The van der Waals surface area contributed by atoms with Crippen molar-refractivity contribution in [2.45, 2.75) is 25.4 Å². The van der Waals surface area contributed by atoms with Crippen molar-refractivity contribution in [2.75, 3.05) is 31.5 Å². The third-order valence-corrected chi connectivity index (χ3v) is 6.05. The molecule has 34 heavy (non-hydrogen) atoms. The summed E-state index contributed by atoms with van der Waals surface area (Å²) >= 11 is 0. The Labute approximate surface area is 200 Å². The Morgan fingerprint density at radius 1 is 0.941 bits per heavy atom. The molecule has 6 heteroatoms. The topological polar surface area (TPSA) is 60.0 Å². The molecule has 0 spiro atoms. The maximum atomic E-state index is 13.4. The number of rotatable bonds is 7. The summed E-state index contributed by atoms with van der Waals surface area (Å²) in [5, 5.41) is 3.63. The minimum absolute atomic E-state index is 0.0215. The second-order valence-electron chi connectivity index (χ2n) is 8.21. The summed E-state index contributed by atoms with van der Waals surface area (Å²) < 4.78 is 16.2. The van der Waals surface area contributed by atoms with E-state index in [4.69, 9.17) is 14.2 Å². The fourth-order valence-electron chi connectivity index (χ4n) is 4.47. The predicted molar refractivity (Wildman–Crippen MR) is 136 cm³/mol. The van der Waals surface area contributed by atoms with Gasteiger partial charge in [-0.15, -0.1) is 0 Å². The first-order valence-corrected chi connectivity index (χ1v) is 11.3. The molecule has 176 valence electrons. The molecule has 0 bridgehead atoms. The fraction of sp³-hybridized carbons (Fsp3) is 0.250. The smallest absolute Gasteiger partial charge is 0.251 e. The van der Waals surface area contributed by atoms with Gasteiger partial charge in [-0.25, -0.2) is 0 Å². The summed E-state index contributed by atoms with van der Waals surface area (Å²) in [7, 11) is 4.71. The van der Waals surface area contributed by atoms with Gasteiger partial charge >= 0.3 is 0 Å². The average Bonchev–Trinajstić information content (AvgIpc) is 2.87. The first-order valence-electron chi connectivity index (χ1n) is 11.3. The molecule has 4 rings (SSSR count). The highest BCUT2D eigenvalue weighted by Crippen LogP contribution is 2.40. The van der Waals surface area contributed by atoms with Gasteiger partial charge in [0.15, 0.2) is 11.5 Å². The molecule has 0 aromatic heterocycles. The molecule has 3 aromatic rings. The fourth-order valence-corrected chi connectivity index (χ4v) is 4.47. The number of para-hydroxylation sites is 2. The van der Waals surface area contributed by atoms with E-state index >= 15 is 0 Å². The Kier molecular flexibility index (Phi) is 7.07. The lowest BCUT2D eigenvalue weighted by molar-refractivity contribution is -0.114. The third kappa shape index (κ3) is 4.71. The van der Waals surface area contributed by atoms with E-state index in [1.165, 1.54) is 0 Å². The van der Waals surface area contributed by atoms with Crippen LogP contribution < -0.4 is 24.4 Å². The van der Waals surface area contributed by atoms with Gasteiger partial charge in [0.2, 0.25) is 5.75 Å². The second-order valence-corrected chi connectivity index (χ2v) is 8.21. The molecule has 0 aliphatic carbocycles. The summed E-state index contributed by atoms with van der Waals surface area (Å²) in [5.41, 5.74) is 3.88. The van der Waals surface area contributed by atoms with Crippen LogP contribution in [0.4, 0.5) is 11.4 Å². The number of carbonyl (C=O) groups excluding carboxylic acids is 1. The van der Waals surface area contributed by atoms with Gasteiger partial charge in [0, 0.05) is 23.5 Å². The van der Waals surface area contributed by atoms with E-state index in [9.17, 15) is 4.79 Å². The van der Waals surface area contributed by atoms with Crippen molar-refractivity contribution in [1.29, 1.82) is 0 Å². The van der Waals surface area contributed by atoms with Crippen molar-refractivity contribution in [2.24, 2.45) is 0 Å². The van der Waals surface area contributed by atoms with Crippen LogP contribution in [0.25, 0.3) is 6.08 Å². The number of amides is 1. The van der Waals surface area contributed by atoms with Gasteiger partial charge < -0.3 is 24.4 Å². The molecule has 2 atom stereocenters. The van der Waals surface area contributed by atoms with Gasteiger partial charge in [0.25, 0.3) is 5.91 Å². The predicted octanol–water partition coefficient (Wildman–Crippen LogP) is 5.70. The summed E-state index contributed by atoms with van der Waals surface area (Å²) in [5.74, 6) is 1.52. The average molecular weight is 459 g/mol. The molecule has 0 saturated heterocycles. The molecule has 1 N–H and O–H groups in total. The van der Waals surface area contributed by atoms with Crippen molar-refractivity contribution in [3.05, 3.63) is 83.9 Å². The number of benzene rings is 3. The van der Waals surface area contributed by atoms with Crippen LogP contribution in [0.1, 0.15) is 30.5 Å². The van der Waals surface area contributed by atoms with E-state index in [0.29, 0.717) is 17.2 Å². The van der Waals surface area contributed by atoms with Crippen LogP contribution in [0.5, 0.6) is 17.2 Å². The molecule has 0 radical (unpaired) electrons. The van der Waals surface area contributed by atoms with Gasteiger partial charge in [-0.3, -0.25) is 4.79 Å². The van der Waals surface area contributed by atoms with E-state index in [1.54, 1.807) is 33.5 Å². The number of nitrogens with one attached hydrogen (secondary N) is 1. The van der Waals surface area contributed by atoms with E-state index in [0.717, 1.165) is 28.9 Å². The number of methoxy groups -OCH3 is 3. The van der Waals surface area contributed by atoms with E-state index in [1.807, 2.05) is 53.4 Å². The summed E-state index contributed by atoms with van der Waals surface area (Å²) in [6, 6.07) is 22.0. The minimum atomic E-state index is -0.0770. The minimum Gasteiger partial charge on any atom is -0.493 e. The van der Waals surface area contributed by atoms with Crippen molar-refractivity contribution in [1.82, 2.24) is 0 Å². The zero-order valence-electron chi connectivity index (χ0n) is 19.9. The maximum Gasteiger partial charge on any atom is 0.251 e. The number of hydrogen-bond donors (Lipinski definition) is 1. The third-order valence-electron chi connectivity index (χ3n) is 6.05. The molecule has 1 amide bonds. The number of hydrogen-bond acceptors (Lipinski definition) is 5. The van der Waals surface area contributed by atoms with Crippen LogP contribution in [0.15, 0.2) is 72.8 Å². The SMILES string of the molecule is COc1cc(/C=C/C(=O)N2c3ccccc3[C@H](Nc3ccccc3)C[C@@H]2C)cc(OC)c1OC. The van der Waals surface area contributed by atoms with Gasteiger partial charge in [0.1, 0.15) is 0 Å². The lowest BCUT2D eigenvalue weighted by atomic mass is 9.91. The van der Waals surface area contributed by atoms with Crippen molar-refractivity contribution in [3.8, 4) is 17.2 Å². The molecule has 1 heterocycles. The highest BCUT2D eigenvalue weighted by Gasteiger charge is 2.32. The molecular weight excluding hydrogens is 428 g/mol. The van der Waals surface area contributed by atoms with Crippen molar-refractivity contribution < 1.29 is 19.0 Å². The van der Waals surface area contributed by atoms with Gasteiger partial charge in [0.05, 0.1) is 27.4 Å². The molecule has 1 aliphatic heterocycles. The molecule has 3 aromatic carbocycles. The van der Waals surface area contributed by atoms with E-state index in [2.05, 4.69) is 30.4 Å². The quantitative estimate of drug-likeness (QED) is 0.460. The molecule has 1 aliphatic rings. The van der Waals surface area contributed by atoms with Crippen LogP contribution in [0.3, 0.4) is 0 Å². The van der Waals surface area contributed by atoms with E-state index in [-0.39, 0.29) is 18.0 Å². The summed E-state index contributed by atoms with van der Waals surface area (Å²) in [6.45, 7) is 2.08. The molecule has 0 saturated carbocycles. The molecule has 0 unspecified atom stereocenters. The molecule has 0 fully saturated rings. The van der Waals surface area contributed by atoms with Crippen LogP contribution in [0.2, 0.25) is 0 Å². The van der Waals surface area contributed by atoms with Crippen LogP contribution in [0, 0.1) is 0 Å². The van der Waals surface area contributed by atoms with Gasteiger partial charge in [-0.2, -0.15) is 0 Å². The Morgan fingerprint density at radius 2 is 1.59 bits per heavy atom. The number of ether oxygens (including phenoxy) is 3. The second kappa shape index (κ2) is 10.3. The normalized spacial score (nSPS) is 17.2. The highest BCUT2D eigenvalue weighted by atomic mass is 16.5. The van der Waals surface area contributed by atoms with Crippen molar-refractivity contribution >= 4 is 23.4 Å². The summed E-state index contributed by atoms with van der Waals surface area (Å²) in [4.78, 5) is 15.2. The number of anilines is 2. The Hall–Kier alpha value is -3.93. The van der Waals surface area contributed by atoms with Crippen LogP contribution in [-0.2, 0) is 4.79 Å². The summed E-state index contributed by atoms with van der Waals surface area (Å²) in [6.07, 6.45) is 4.17. The zero-order chi connectivity index (χ0) is 24.1.